The van der Waals surface area contributed by atoms with Crippen LogP contribution < -0.4 is 10.6 Å². The molecule has 1 fully saturated rings. The number of benzene rings is 1. The normalized spacial score (nSPS) is 13.6. The van der Waals surface area contributed by atoms with Crippen LogP contribution in [0.3, 0.4) is 0 Å². The molecule has 1 saturated carbocycles. The van der Waals surface area contributed by atoms with Gasteiger partial charge in [-0.05, 0) is 53.0 Å². The summed E-state index contributed by atoms with van der Waals surface area (Å²) in [6, 6.07) is 7.89. The van der Waals surface area contributed by atoms with Crippen molar-refractivity contribution < 1.29 is 4.79 Å². The van der Waals surface area contributed by atoms with Crippen molar-refractivity contribution in [2.75, 3.05) is 5.32 Å². The van der Waals surface area contributed by atoms with E-state index in [0.717, 1.165) is 45.3 Å². The van der Waals surface area contributed by atoms with Crippen molar-refractivity contribution in [3.05, 3.63) is 46.8 Å². The molecule has 2 heterocycles. The minimum Gasteiger partial charge on any atom is -0.323 e. The lowest BCUT2D eigenvalue weighted by Gasteiger charge is -2.13. The number of hydrogen-bond donors (Lipinski definition) is 3. The molecule has 8 heteroatoms. The summed E-state index contributed by atoms with van der Waals surface area (Å²) in [5.74, 6) is 0.322. The molecule has 1 amide bonds. The lowest BCUT2D eigenvalue weighted by Crippen LogP contribution is -2.28. The van der Waals surface area contributed by atoms with Crippen LogP contribution in [0.2, 0.25) is 0 Å². The summed E-state index contributed by atoms with van der Waals surface area (Å²) >= 11 is 3.54. The fourth-order valence-electron chi connectivity index (χ4n) is 2.93. The van der Waals surface area contributed by atoms with Crippen LogP contribution in [-0.4, -0.2) is 27.1 Å². The number of guanidine groups is 1. The molecule has 0 unspecified atom stereocenters. The van der Waals surface area contributed by atoms with Gasteiger partial charge in [0.15, 0.2) is 5.96 Å². The van der Waals surface area contributed by atoms with Gasteiger partial charge in [-0.25, -0.2) is 4.68 Å². The van der Waals surface area contributed by atoms with Crippen molar-refractivity contribution in [3.63, 3.8) is 0 Å². The molecule has 2 aromatic heterocycles. The Morgan fingerprint density at radius 3 is 2.96 bits per heavy atom. The highest BCUT2D eigenvalue weighted by Gasteiger charge is 2.31. The Morgan fingerprint density at radius 2 is 2.20 bits per heavy atom. The fourth-order valence-corrected chi connectivity index (χ4v) is 3.38. The number of nitrogens with one attached hydrogen (secondary N) is 3. The zero-order valence-electron chi connectivity index (χ0n) is 13.2. The Labute approximate surface area is 152 Å². The van der Waals surface area contributed by atoms with Crippen molar-refractivity contribution in [1.82, 2.24) is 20.1 Å². The number of rotatable bonds is 4. The van der Waals surface area contributed by atoms with Crippen molar-refractivity contribution in [2.24, 2.45) is 0 Å². The molecule has 0 spiro atoms. The number of fused-ring (bicyclic) bond motifs is 1. The number of halogens is 1. The molecule has 0 saturated heterocycles. The molecule has 0 radical (unpaired) electrons. The van der Waals surface area contributed by atoms with Crippen molar-refractivity contribution in [3.8, 4) is 5.69 Å². The maximum absolute atomic E-state index is 10.5. The zero-order chi connectivity index (χ0) is 17.4. The smallest absolute Gasteiger partial charge is 0.213 e. The third-order valence-electron chi connectivity index (χ3n) is 4.16. The van der Waals surface area contributed by atoms with E-state index in [4.69, 9.17) is 5.41 Å². The largest absolute Gasteiger partial charge is 0.323 e. The summed E-state index contributed by atoms with van der Waals surface area (Å²) in [6.45, 7) is 0. The second-order valence-corrected chi connectivity index (χ2v) is 6.71. The Bertz CT molecular complexity index is 978. The number of hydrogen-bond acceptors (Lipinski definition) is 4. The Hall–Kier alpha value is -2.74. The molecule has 0 atom stereocenters. The maximum atomic E-state index is 10.5. The number of aromatic nitrogens is 3. The van der Waals surface area contributed by atoms with E-state index in [2.05, 4.69) is 36.6 Å². The van der Waals surface area contributed by atoms with Gasteiger partial charge in [-0.1, -0.05) is 0 Å². The molecule has 3 aromatic rings. The van der Waals surface area contributed by atoms with Crippen LogP contribution in [0.4, 0.5) is 5.69 Å². The first-order valence-electron chi connectivity index (χ1n) is 7.86. The molecule has 1 aromatic carbocycles. The van der Waals surface area contributed by atoms with E-state index in [0.29, 0.717) is 12.3 Å². The zero-order valence-corrected chi connectivity index (χ0v) is 14.7. The Balaban J connectivity index is 1.84. The van der Waals surface area contributed by atoms with Gasteiger partial charge in [-0.15, -0.1) is 0 Å². The van der Waals surface area contributed by atoms with E-state index in [1.165, 1.54) is 0 Å². The first-order chi connectivity index (χ1) is 12.2. The molecular formula is C17H15BrN6O. The minimum atomic E-state index is -0.0706. The van der Waals surface area contributed by atoms with Crippen LogP contribution in [0.1, 0.15) is 24.5 Å². The number of carbonyl (C=O) groups excluding carboxylic acids is 1. The summed E-state index contributed by atoms with van der Waals surface area (Å²) in [5, 5.41) is 18.5. The van der Waals surface area contributed by atoms with Gasteiger partial charge < -0.3 is 5.32 Å². The second-order valence-electron chi connectivity index (χ2n) is 5.86. The Morgan fingerprint density at radius 1 is 1.36 bits per heavy atom. The summed E-state index contributed by atoms with van der Waals surface area (Å²) in [4.78, 5) is 15.0. The molecule has 25 heavy (non-hydrogen) atoms. The molecule has 1 aliphatic carbocycles. The highest BCUT2D eigenvalue weighted by atomic mass is 79.9. The van der Waals surface area contributed by atoms with Crippen LogP contribution in [-0.2, 0) is 4.79 Å². The number of pyridine rings is 1. The van der Waals surface area contributed by atoms with Crippen LogP contribution in [0.15, 0.2) is 41.1 Å². The average Bonchev–Trinajstić information content (AvgIpc) is 3.37. The molecule has 3 N–H and O–H groups in total. The van der Waals surface area contributed by atoms with Gasteiger partial charge >= 0.3 is 0 Å². The van der Waals surface area contributed by atoms with Gasteiger partial charge in [0.25, 0.3) is 0 Å². The standard InChI is InChI=1S/C17H15BrN6O/c18-12-5-6-14(11-2-1-7-20-15(11)12)24-16(10-3-4-10)13(8-22-24)23-17(19)21-9-25/h1-2,5-10H,3-4H2,(H3,19,21,23,25). The predicted molar refractivity (Wildman–Crippen MR) is 99.1 cm³/mol. The van der Waals surface area contributed by atoms with Crippen LogP contribution in [0, 0.1) is 5.41 Å². The SMILES string of the molecule is N=C(NC=O)Nc1cnn(-c2ccc(Br)c3ncccc23)c1C1CC1. The van der Waals surface area contributed by atoms with Gasteiger partial charge in [0.1, 0.15) is 0 Å². The number of anilines is 1. The van der Waals surface area contributed by atoms with Gasteiger partial charge in [-0.2, -0.15) is 5.10 Å². The summed E-state index contributed by atoms with van der Waals surface area (Å²) < 4.78 is 2.84. The lowest BCUT2D eigenvalue weighted by atomic mass is 10.1. The van der Waals surface area contributed by atoms with Crippen molar-refractivity contribution >= 4 is 44.9 Å². The third kappa shape index (κ3) is 2.89. The lowest BCUT2D eigenvalue weighted by molar-refractivity contribution is -0.108. The van der Waals surface area contributed by atoms with Crippen molar-refractivity contribution in [2.45, 2.75) is 18.8 Å². The fraction of sp³-hybridized carbons (Fsp3) is 0.176. The Kier molecular flexibility index (Phi) is 3.96. The second kappa shape index (κ2) is 6.29. The molecule has 7 nitrogen and oxygen atoms in total. The summed E-state index contributed by atoms with van der Waals surface area (Å²) in [7, 11) is 0. The third-order valence-corrected chi connectivity index (χ3v) is 4.80. The monoisotopic (exact) mass is 398 g/mol. The van der Waals surface area contributed by atoms with Gasteiger partial charge in [0.2, 0.25) is 6.41 Å². The molecule has 126 valence electrons. The summed E-state index contributed by atoms with van der Waals surface area (Å²) in [6.07, 6.45) is 6.10. The molecule has 1 aliphatic rings. The van der Waals surface area contributed by atoms with Gasteiger partial charge in [0.05, 0.1) is 28.8 Å². The van der Waals surface area contributed by atoms with E-state index in [-0.39, 0.29) is 5.96 Å². The topological polar surface area (TPSA) is 95.7 Å². The van der Waals surface area contributed by atoms with E-state index >= 15 is 0 Å². The van der Waals surface area contributed by atoms with E-state index in [9.17, 15) is 4.79 Å². The highest BCUT2D eigenvalue weighted by molar-refractivity contribution is 9.10. The van der Waals surface area contributed by atoms with E-state index in [1.54, 1.807) is 12.4 Å². The molecule has 0 bridgehead atoms. The van der Waals surface area contributed by atoms with Crippen LogP contribution in [0.25, 0.3) is 16.6 Å². The van der Waals surface area contributed by atoms with E-state index in [1.807, 2.05) is 28.9 Å². The highest BCUT2D eigenvalue weighted by Crippen LogP contribution is 2.44. The molecular weight excluding hydrogens is 384 g/mol. The average molecular weight is 399 g/mol. The molecule has 0 aliphatic heterocycles. The quantitative estimate of drug-likeness (QED) is 0.357. The van der Waals surface area contributed by atoms with Gasteiger partial charge in [0, 0.05) is 22.0 Å². The van der Waals surface area contributed by atoms with Gasteiger partial charge in [-0.3, -0.25) is 20.5 Å². The molecule has 4 rings (SSSR count). The number of amides is 1. The maximum Gasteiger partial charge on any atom is 0.213 e. The summed E-state index contributed by atoms with van der Waals surface area (Å²) in [5.41, 5.74) is 3.57. The van der Waals surface area contributed by atoms with Crippen molar-refractivity contribution in [1.29, 1.82) is 5.41 Å². The number of nitrogens with zero attached hydrogens (tertiary/aromatic N) is 3. The van der Waals surface area contributed by atoms with Crippen LogP contribution >= 0.6 is 15.9 Å². The van der Waals surface area contributed by atoms with Crippen LogP contribution in [0.5, 0.6) is 0 Å². The first-order valence-corrected chi connectivity index (χ1v) is 8.65. The predicted octanol–water partition coefficient (Wildman–Crippen LogP) is 3.15. The van der Waals surface area contributed by atoms with E-state index < -0.39 is 0 Å². The minimum absolute atomic E-state index is 0.0706. The number of carbonyl (C=O) groups is 1. The first kappa shape index (κ1) is 15.8.